The second-order valence-corrected chi connectivity index (χ2v) is 7.97. The molecule has 8 nitrogen and oxygen atoms in total. The lowest BCUT2D eigenvalue weighted by Gasteiger charge is -2.26. The number of amides is 2. The first-order chi connectivity index (χ1) is 14.0. The fourth-order valence-corrected chi connectivity index (χ4v) is 4.12. The fourth-order valence-electron chi connectivity index (χ4n) is 2.82. The molecule has 2 amide bonds. The first-order valence-electron chi connectivity index (χ1n) is 9.00. The van der Waals surface area contributed by atoms with Crippen molar-refractivity contribution in [2.45, 2.75) is 6.42 Å². The molecule has 154 valence electrons. The number of hydrogen-bond donors (Lipinski definition) is 1. The Kier molecular flexibility index (Phi) is 7.24. The monoisotopic (exact) mass is 436 g/mol. The van der Waals surface area contributed by atoms with Crippen LogP contribution in [0.1, 0.15) is 12.0 Å². The average Bonchev–Trinajstić information content (AvgIpc) is 2.98. The van der Waals surface area contributed by atoms with E-state index < -0.39 is 5.97 Å². The van der Waals surface area contributed by atoms with Crippen molar-refractivity contribution in [3.05, 3.63) is 34.7 Å². The highest BCUT2D eigenvalue weighted by Crippen LogP contribution is 2.34. The summed E-state index contributed by atoms with van der Waals surface area (Å²) in [5.74, 6) is -0.972. The number of benzene rings is 1. The Labute approximate surface area is 177 Å². The lowest BCUT2D eigenvalue weighted by molar-refractivity contribution is -0.138. The molecule has 0 spiro atoms. The van der Waals surface area contributed by atoms with Crippen molar-refractivity contribution in [3.63, 3.8) is 0 Å². The van der Waals surface area contributed by atoms with Gasteiger partial charge >= 0.3 is 5.97 Å². The van der Waals surface area contributed by atoms with Gasteiger partial charge in [-0.2, -0.15) is 0 Å². The lowest BCUT2D eigenvalue weighted by atomic mass is 10.2. The molecule has 0 bridgehead atoms. The van der Waals surface area contributed by atoms with Crippen molar-refractivity contribution in [2.75, 3.05) is 39.5 Å². The number of aliphatic carboxylic acids is 1. The summed E-state index contributed by atoms with van der Waals surface area (Å²) in [4.78, 5) is 39.0. The molecule has 3 rings (SSSR count). The van der Waals surface area contributed by atoms with Gasteiger partial charge in [0.1, 0.15) is 10.1 Å². The smallest absolute Gasteiger partial charge is 0.305 e. The van der Waals surface area contributed by atoms with Crippen LogP contribution in [0, 0.1) is 0 Å². The minimum atomic E-state index is -0.994. The van der Waals surface area contributed by atoms with Gasteiger partial charge < -0.3 is 19.5 Å². The third kappa shape index (κ3) is 5.55. The van der Waals surface area contributed by atoms with Crippen LogP contribution in [0.4, 0.5) is 0 Å². The van der Waals surface area contributed by atoms with Gasteiger partial charge in [0, 0.05) is 25.2 Å². The van der Waals surface area contributed by atoms with Gasteiger partial charge in [-0.25, -0.2) is 0 Å². The van der Waals surface area contributed by atoms with E-state index in [1.807, 2.05) is 0 Å². The maximum atomic E-state index is 12.6. The molecule has 10 heteroatoms. The minimum Gasteiger partial charge on any atom is -0.483 e. The quantitative estimate of drug-likeness (QED) is 0.509. The molecule has 2 heterocycles. The standard InChI is InChI=1S/C19H20N2O6S2/c22-16(20-7-9-26-10-8-20)12-27-14-4-2-1-3-13(14)11-15-18(25)21(19(28)29-15)6-5-17(23)24/h1-4,11H,5-10,12H2,(H,23,24)/b15-11+. The number of carboxylic acids is 1. The molecule has 0 aromatic heterocycles. The SMILES string of the molecule is O=C(O)CCN1C(=O)/C(=C\c2ccccc2OCC(=O)N2CCOCC2)SC1=S. The van der Waals surface area contributed by atoms with E-state index in [9.17, 15) is 14.4 Å². The van der Waals surface area contributed by atoms with Gasteiger partial charge in [-0.3, -0.25) is 19.3 Å². The van der Waals surface area contributed by atoms with Gasteiger partial charge in [0.05, 0.1) is 24.5 Å². The van der Waals surface area contributed by atoms with Crippen LogP contribution in [-0.4, -0.2) is 76.5 Å². The normalized spacial score (nSPS) is 18.4. The van der Waals surface area contributed by atoms with Crippen LogP contribution in [-0.2, 0) is 19.1 Å². The highest BCUT2D eigenvalue weighted by molar-refractivity contribution is 8.26. The van der Waals surface area contributed by atoms with Crippen LogP contribution in [0.3, 0.4) is 0 Å². The van der Waals surface area contributed by atoms with Crippen LogP contribution in [0.15, 0.2) is 29.2 Å². The summed E-state index contributed by atoms with van der Waals surface area (Å²) >= 11 is 6.31. The van der Waals surface area contributed by atoms with Crippen molar-refractivity contribution < 1.29 is 29.0 Å². The Bertz CT molecular complexity index is 851. The molecule has 2 aliphatic heterocycles. The zero-order valence-corrected chi connectivity index (χ0v) is 17.2. The van der Waals surface area contributed by atoms with Crippen LogP contribution in [0.5, 0.6) is 5.75 Å². The van der Waals surface area contributed by atoms with E-state index in [1.165, 1.54) is 4.90 Å². The molecule has 0 atom stereocenters. The van der Waals surface area contributed by atoms with Gasteiger partial charge in [0.25, 0.3) is 11.8 Å². The summed E-state index contributed by atoms with van der Waals surface area (Å²) in [7, 11) is 0. The summed E-state index contributed by atoms with van der Waals surface area (Å²) in [6.45, 7) is 2.05. The van der Waals surface area contributed by atoms with Gasteiger partial charge in [-0.05, 0) is 12.1 Å². The molecule has 2 saturated heterocycles. The Balaban J connectivity index is 1.68. The molecule has 0 saturated carbocycles. The Morgan fingerprint density at radius 1 is 1.28 bits per heavy atom. The molecule has 2 fully saturated rings. The van der Waals surface area contributed by atoms with E-state index in [0.717, 1.165) is 11.8 Å². The lowest BCUT2D eigenvalue weighted by Crippen LogP contribution is -2.43. The van der Waals surface area contributed by atoms with Gasteiger partial charge in [0.2, 0.25) is 0 Å². The summed E-state index contributed by atoms with van der Waals surface area (Å²) in [6.07, 6.45) is 1.47. The summed E-state index contributed by atoms with van der Waals surface area (Å²) < 4.78 is 11.3. The maximum absolute atomic E-state index is 12.6. The number of para-hydroxylation sites is 1. The Morgan fingerprint density at radius 3 is 2.72 bits per heavy atom. The van der Waals surface area contributed by atoms with E-state index in [1.54, 1.807) is 35.2 Å². The van der Waals surface area contributed by atoms with Crippen molar-refractivity contribution in [2.24, 2.45) is 0 Å². The summed E-state index contributed by atoms with van der Waals surface area (Å²) in [6, 6.07) is 7.08. The zero-order valence-electron chi connectivity index (χ0n) is 15.5. The zero-order chi connectivity index (χ0) is 20.8. The van der Waals surface area contributed by atoms with E-state index in [-0.39, 0.29) is 31.4 Å². The fraction of sp³-hybridized carbons (Fsp3) is 0.368. The number of thioether (sulfide) groups is 1. The molecule has 2 aliphatic rings. The van der Waals surface area contributed by atoms with Gasteiger partial charge in [0.15, 0.2) is 6.61 Å². The minimum absolute atomic E-state index is 0.0313. The molecular formula is C19H20N2O6S2. The topological polar surface area (TPSA) is 96.4 Å². The largest absolute Gasteiger partial charge is 0.483 e. The van der Waals surface area contributed by atoms with Crippen molar-refractivity contribution in [3.8, 4) is 5.75 Å². The van der Waals surface area contributed by atoms with Gasteiger partial charge in [-0.15, -0.1) is 0 Å². The number of ether oxygens (including phenoxy) is 2. The molecule has 1 N–H and O–H groups in total. The number of hydrogen-bond acceptors (Lipinski definition) is 7. The van der Waals surface area contributed by atoms with Crippen LogP contribution in [0.25, 0.3) is 6.08 Å². The van der Waals surface area contributed by atoms with Gasteiger partial charge in [-0.1, -0.05) is 42.2 Å². The molecule has 0 unspecified atom stereocenters. The first kappa shape index (κ1) is 21.3. The van der Waals surface area contributed by atoms with E-state index in [4.69, 9.17) is 26.8 Å². The van der Waals surface area contributed by atoms with E-state index in [0.29, 0.717) is 46.8 Å². The molecular weight excluding hydrogens is 416 g/mol. The maximum Gasteiger partial charge on any atom is 0.305 e. The van der Waals surface area contributed by atoms with E-state index in [2.05, 4.69) is 0 Å². The Hall–Kier alpha value is -2.43. The highest BCUT2D eigenvalue weighted by Gasteiger charge is 2.32. The molecule has 0 aliphatic carbocycles. The molecule has 1 aromatic rings. The summed E-state index contributed by atoms with van der Waals surface area (Å²) in [5, 5.41) is 8.82. The van der Waals surface area contributed by atoms with Crippen LogP contribution >= 0.6 is 24.0 Å². The average molecular weight is 437 g/mol. The number of nitrogens with zero attached hydrogens (tertiary/aromatic N) is 2. The molecule has 0 radical (unpaired) electrons. The van der Waals surface area contributed by atoms with Crippen molar-refractivity contribution in [1.82, 2.24) is 9.80 Å². The predicted octanol–water partition coefficient (Wildman–Crippen LogP) is 1.60. The second-order valence-electron chi connectivity index (χ2n) is 6.30. The van der Waals surface area contributed by atoms with Crippen LogP contribution < -0.4 is 4.74 Å². The second kappa shape index (κ2) is 9.86. The number of carbonyl (C=O) groups excluding carboxylic acids is 2. The van der Waals surface area contributed by atoms with Crippen molar-refractivity contribution >= 4 is 52.2 Å². The van der Waals surface area contributed by atoms with Crippen LogP contribution in [0.2, 0.25) is 0 Å². The molecule has 29 heavy (non-hydrogen) atoms. The third-order valence-corrected chi connectivity index (χ3v) is 5.72. The number of rotatable bonds is 7. The number of thiocarbonyl (C=S) groups is 1. The van der Waals surface area contributed by atoms with Crippen molar-refractivity contribution in [1.29, 1.82) is 0 Å². The third-order valence-electron chi connectivity index (χ3n) is 4.34. The Morgan fingerprint density at radius 2 is 2.00 bits per heavy atom. The first-order valence-corrected chi connectivity index (χ1v) is 10.2. The number of carboxylic acid groups (broad SMARTS) is 1. The highest BCUT2D eigenvalue weighted by atomic mass is 32.2. The predicted molar refractivity (Wildman–Crippen MR) is 111 cm³/mol. The molecule has 1 aromatic carbocycles. The summed E-state index contributed by atoms with van der Waals surface area (Å²) in [5.41, 5.74) is 0.640. The van der Waals surface area contributed by atoms with E-state index >= 15 is 0 Å². The number of carbonyl (C=O) groups is 3. The number of morpholine rings is 1.